The van der Waals surface area contributed by atoms with Crippen LogP contribution in [0.4, 0.5) is 10.1 Å². The second kappa shape index (κ2) is 8.42. The Labute approximate surface area is 200 Å². The Morgan fingerprint density at radius 3 is 2.71 bits per heavy atom. The standard InChI is InChI=1S/C24H24FN7O3/c25-15-11-17-18(14-32(23(17)35)19-1-2-21(33)28-22(19)34)20(12-15)30-9-7-29(8-10-30)13-16-3-5-31-6-4-26-24(31)27-16/h3-6,11-12,19H,1-2,7-10,13-14H2,(H,28,33,34). The van der Waals surface area contributed by atoms with Crippen molar-refractivity contribution >= 4 is 29.2 Å². The zero-order valence-corrected chi connectivity index (χ0v) is 19.0. The smallest absolute Gasteiger partial charge is 0.255 e. The number of carbonyl (C=O) groups excluding carboxylic acids is 3. The molecule has 3 aliphatic rings. The lowest BCUT2D eigenvalue weighted by Crippen LogP contribution is -2.52. The summed E-state index contributed by atoms with van der Waals surface area (Å²) in [6, 6.07) is 3.99. The number of aromatic nitrogens is 3. The van der Waals surface area contributed by atoms with Gasteiger partial charge in [0.1, 0.15) is 11.9 Å². The summed E-state index contributed by atoms with van der Waals surface area (Å²) in [6.45, 7) is 3.79. The van der Waals surface area contributed by atoms with Crippen molar-refractivity contribution < 1.29 is 18.8 Å². The van der Waals surface area contributed by atoms with E-state index in [-0.39, 0.29) is 31.2 Å². The third-order valence-electron chi connectivity index (χ3n) is 7.02. The Balaban J connectivity index is 1.17. The van der Waals surface area contributed by atoms with Gasteiger partial charge in [-0.1, -0.05) is 0 Å². The van der Waals surface area contributed by atoms with Crippen molar-refractivity contribution in [2.75, 3.05) is 31.1 Å². The fourth-order valence-electron chi connectivity index (χ4n) is 5.19. The molecule has 2 fully saturated rings. The molecule has 1 aromatic carbocycles. The number of amides is 3. The number of fused-ring (bicyclic) bond motifs is 2. The molecule has 5 heterocycles. The van der Waals surface area contributed by atoms with Crippen molar-refractivity contribution in [2.24, 2.45) is 0 Å². The number of hydrogen-bond acceptors (Lipinski definition) is 7. The maximum absolute atomic E-state index is 14.6. The molecule has 0 bridgehead atoms. The van der Waals surface area contributed by atoms with Gasteiger partial charge in [0.2, 0.25) is 17.6 Å². The average molecular weight is 478 g/mol. The van der Waals surface area contributed by atoms with Gasteiger partial charge in [-0.3, -0.25) is 29.0 Å². The molecule has 3 amide bonds. The van der Waals surface area contributed by atoms with E-state index in [9.17, 15) is 18.8 Å². The lowest BCUT2D eigenvalue weighted by atomic mass is 10.0. The van der Waals surface area contributed by atoms with Crippen molar-refractivity contribution in [3.63, 3.8) is 0 Å². The van der Waals surface area contributed by atoms with Gasteiger partial charge in [0.15, 0.2) is 0 Å². The fourth-order valence-corrected chi connectivity index (χ4v) is 5.19. The molecule has 0 aliphatic carbocycles. The van der Waals surface area contributed by atoms with Gasteiger partial charge in [-0.15, -0.1) is 0 Å². The molecule has 3 aromatic rings. The molecular weight excluding hydrogens is 453 g/mol. The molecule has 1 atom stereocenters. The van der Waals surface area contributed by atoms with E-state index in [4.69, 9.17) is 0 Å². The number of carbonyl (C=O) groups is 3. The van der Waals surface area contributed by atoms with Gasteiger partial charge in [-0.05, 0) is 24.6 Å². The van der Waals surface area contributed by atoms with Crippen LogP contribution in [-0.4, -0.2) is 74.1 Å². The first-order valence-corrected chi connectivity index (χ1v) is 11.7. The third kappa shape index (κ3) is 3.91. The highest BCUT2D eigenvalue weighted by Gasteiger charge is 2.41. The van der Waals surface area contributed by atoms with E-state index in [1.165, 1.54) is 17.0 Å². The van der Waals surface area contributed by atoms with E-state index in [1.807, 2.05) is 22.9 Å². The number of nitrogens with one attached hydrogen (secondary N) is 1. The van der Waals surface area contributed by atoms with Crippen LogP contribution in [0.15, 0.2) is 36.8 Å². The van der Waals surface area contributed by atoms with E-state index in [2.05, 4.69) is 25.1 Å². The maximum Gasteiger partial charge on any atom is 0.255 e. The van der Waals surface area contributed by atoms with E-state index >= 15 is 0 Å². The summed E-state index contributed by atoms with van der Waals surface area (Å²) in [6.07, 6.45) is 5.98. The molecule has 2 aromatic heterocycles. The first kappa shape index (κ1) is 21.7. The minimum atomic E-state index is -0.722. The average Bonchev–Trinajstić information content (AvgIpc) is 3.44. The van der Waals surface area contributed by atoms with Crippen LogP contribution in [0.5, 0.6) is 0 Å². The van der Waals surface area contributed by atoms with Crippen molar-refractivity contribution in [3.8, 4) is 0 Å². The number of nitrogens with zero attached hydrogens (tertiary/aromatic N) is 6. The number of benzene rings is 1. The van der Waals surface area contributed by atoms with Gasteiger partial charge >= 0.3 is 0 Å². The molecule has 11 heteroatoms. The number of imide groups is 1. The van der Waals surface area contributed by atoms with Crippen molar-refractivity contribution in [1.29, 1.82) is 0 Å². The zero-order valence-electron chi connectivity index (χ0n) is 19.0. The summed E-state index contributed by atoms with van der Waals surface area (Å²) in [7, 11) is 0. The number of hydrogen-bond donors (Lipinski definition) is 1. The van der Waals surface area contributed by atoms with Gasteiger partial charge < -0.3 is 9.80 Å². The quantitative estimate of drug-likeness (QED) is 0.558. The first-order chi connectivity index (χ1) is 17.0. The summed E-state index contributed by atoms with van der Waals surface area (Å²) in [5.41, 5.74) is 2.67. The van der Waals surface area contributed by atoms with Crippen LogP contribution < -0.4 is 10.2 Å². The van der Waals surface area contributed by atoms with Crippen LogP contribution in [-0.2, 0) is 22.7 Å². The van der Waals surface area contributed by atoms with Gasteiger partial charge in [-0.25, -0.2) is 14.4 Å². The Hall–Kier alpha value is -3.86. The normalized spacial score (nSPS) is 21.1. The van der Waals surface area contributed by atoms with E-state index in [0.29, 0.717) is 36.7 Å². The zero-order chi connectivity index (χ0) is 24.1. The summed E-state index contributed by atoms with van der Waals surface area (Å²) in [5, 5.41) is 2.30. The molecule has 0 saturated carbocycles. The fraction of sp³-hybridized carbons (Fsp3) is 0.375. The summed E-state index contributed by atoms with van der Waals surface area (Å²) in [5.74, 6) is -0.979. The molecular formula is C24H24FN7O3. The van der Waals surface area contributed by atoms with Crippen molar-refractivity contribution in [1.82, 2.24) is 29.5 Å². The lowest BCUT2D eigenvalue weighted by Gasteiger charge is -2.37. The predicted molar refractivity (Wildman–Crippen MR) is 123 cm³/mol. The molecule has 2 saturated heterocycles. The summed E-state index contributed by atoms with van der Waals surface area (Å²) in [4.78, 5) is 51.7. The van der Waals surface area contributed by atoms with Crippen LogP contribution in [0.1, 0.15) is 34.5 Å². The molecule has 0 radical (unpaired) electrons. The predicted octanol–water partition coefficient (Wildman–Crippen LogP) is 0.952. The Morgan fingerprint density at radius 2 is 1.91 bits per heavy atom. The van der Waals surface area contributed by atoms with Crippen LogP contribution >= 0.6 is 0 Å². The molecule has 1 unspecified atom stereocenters. The largest absolute Gasteiger partial charge is 0.369 e. The lowest BCUT2D eigenvalue weighted by molar-refractivity contribution is -0.136. The second-order valence-corrected chi connectivity index (χ2v) is 9.17. The summed E-state index contributed by atoms with van der Waals surface area (Å²) < 4.78 is 16.4. The van der Waals surface area contributed by atoms with Crippen molar-refractivity contribution in [2.45, 2.75) is 32.0 Å². The van der Waals surface area contributed by atoms with Gasteiger partial charge in [0, 0.05) is 81.1 Å². The summed E-state index contributed by atoms with van der Waals surface area (Å²) >= 11 is 0. The Bertz CT molecular complexity index is 1350. The Kier molecular flexibility index (Phi) is 5.21. The minimum absolute atomic E-state index is 0.183. The Morgan fingerprint density at radius 1 is 1.09 bits per heavy atom. The van der Waals surface area contributed by atoms with Gasteiger partial charge in [0.05, 0.1) is 5.69 Å². The van der Waals surface area contributed by atoms with Gasteiger partial charge in [-0.2, -0.15) is 0 Å². The highest BCUT2D eigenvalue weighted by atomic mass is 19.1. The second-order valence-electron chi connectivity index (χ2n) is 9.17. The van der Waals surface area contributed by atoms with Gasteiger partial charge in [0.25, 0.3) is 5.91 Å². The van der Waals surface area contributed by atoms with Crippen molar-refractivity contribution in [3.05, 3.63) is 59.4 Å². The van der Waals surface area contributed by atoms with Crippen LogP contribution in [0, 0.1) is 5.82 Å². The topological polar surface area (TPSA) is 103 Å². The SMILES string of the molecule is O=C1CCC(N2Cc3c(cc(F)cc3N3CCN(Cc4ccn5ccnc5n4)CC3)C2=O)C(=O)N1. The molecule has 10 nitrogen and oxygen atoms in total. The first-order valence-electron chi connectivity index (χ1n) is 11.7. The number of halogens is 1. The van der Waals surface area contributed by atoms with E-state index < -0.39 is 17.8 Å². The molecule has 0 spiro atoms. The molecule has 3 aliphatic heterocycles. The number of anilines is 1. The molecule has 180 valence electrons. The monoisotopic (exact) mass is 477 g/mol. The number of piperidine rings is 1. The molecule has 35 heavy (non-hydrogen) atoms. The highest BCUT2D eigenvalue weighted by Crippen LogP contribution is 2.35. The highest BCUT2D eigenvalue weighted by molar-refractivity contribution is 6.06. The number of piperazine rings is 1. The van der Waals surface area contributed by atoms with Crippen LogP contribution in [0.2, 0.25) is 0 Å². The minimum Gasteiger partial charge on any atom is -0.369 e. The number of rotatable bonds is 4. The number of imidazole rings is 1. The third-order valence-corrected chi connectivity index (χ3v) is 7.02. The molecule has 1 N–H and O–H groups in total. The van der Waals surface area contributed by atoms with E-state index in [1.54, 1.807) is 6.20 Å². The molecule has 6 rings (SSSR count). The van der Waals surface area contributed by atoms with E-state index in [0.717, 1.165) is 24.3 Å². The van der Waals surface area contributed by atoms with Crippen LogP contribution in [0.3, 0.4) is 0 Å². The van der Waals surface area contributed by atoms with Crippen LogP contribution in [0.25, 0.3) is 5.78 Å². The maximum atomic E-state index is 14.6.